The minimum atomic E-state index is 0.568. The molecule has 1 saturated heterocycles. The fourth-order valence-electron chi connectivity index (χ4n) is 2.62. The van der Waals surface area contributed by atoms with E-state index in [4.69, 9.17) is 0 Å². The van der Waals surface area contributed by atoms with Crippen LogP contribution in [0.15, 0.2) is 18.5 Å². The number of hydrogen-bond donors (Lipinski definition) is 1. The van der Waals surface area contributed by atoms with Gasteiger partial charge < -0.3 is 5.32 Å². The Hall–Kier alpha value is -1.42. The van der Waals surface area contributed by atoms with Crippen molar-refractivity contribution >= 4 is 5.65 Å². The summed E-state index contributed by atoms with van der Waals surface area (Å²) in [6, 6.07) is 2.11. The Morgan fingerprint density at radius 3 is 3.24 bits per heavy atom. The van der Waals surface area contributed by atoms with E-state index < -0.39 is 0 Å². The third-order valence-corrected chi connectivity index (χ3v) is 3.60. The number of aromatic nitrogens is 3. The van der Waals surface area contributed by atoms with Crippen molar-refractivity contribution in [2.24, 2.45) is 0 Å². The first kappa shape index (κ1) is 10.7. The molecule has 17 heavy (non-hydrogen) atoms. The second-order valence-electron chi connectivity index (χ2n) is 4.67. The van der Waals surface area contributed by atoms with Crippen LogP contribution in [0.1, 0.15) is 36.9 Å². The van der Waals surface area contributed by atoms with E-state index in [0.29, 0.717) is 5.92 Å². The summed E-state index contributed by atoms with van der Waals surface area (Å²) in [4.78, 5) is 4.45. The van der Waals surface area contributed by atoms with Gasteiger partial charge in [0.2, 0.25) is 0 Å². The van der Waals surface area contributed by atoms with E-state index in [1.165, 1.54) is 24.1 Å². The molecule has 0 amide bonds. The zero-order valence-electron chi connectivity index (χ0n) is 10.2. The number of hydrogen-bond acceptors (Lipinski definition) is 3. The lowest BCUT2D eigenvalue weighted by atomic mass is 9.96. The van der Waals surface area contributed by atoms with Gasteiger partial charge in [-0.2, -0.15) is 5.10 Å². The zero-order valence-corrected chi connectivity index (χ0v) is 10.2. The minimum absolute atomic E-state index is 0.568. The molecular formula is C13H18N4. The summed E-state index contributed by atoms with van der Waals surface area (Å²) in [5.41, 5.74) is 3.55. The lowest BCUT2D eigenvalue weighted by Gasteiger charge is -2.23. The van der Waals surface area contributed by atoms with Crippen LogP contribution in [0.4, 0.5) is 0 Å². The third kappa shape index (κ3) is 1.82. The lowest BCUT2D eigenvalue weighted by molar-refractivity contribution is 0.448. The second kappa shape index (κ2) is 4.45. The van der Waals surface area contributed by atoms with Crippen molar-refractivity contribution < 1.29 is 0 Å². The quantitative estimate of drug-likeness (QED) is 0.854. The van der Waals surface area contributed by atoms with E-state index in [2.05, 4.69) is 28.4 Å². The van der Waals surface area contributed by atoms with Crippen LogP contribution in [0.5, 0.6) is 0 Å². The highest BCUT2D eigenvalue weighted by Crippen LogP contribution is 2.23. The highest BCUT2D eigenvalue weighted by atomic mass is 15.3. The first-order valence-corrected chi connectivity index (χ1v) is 6.42. The highest BCUT2D eigenvalue weighted by Gasteiger charge is 2.19. The van der Waals surface area contributed by atoms with Crippen molar-refractivity contribution in [3.05, 3.63) is 29.7 Å². The van der Waals surface area contributed by atoms with Gasteiger partial charge in [0.25, 0.3) is 0 Å². The number of nitrogens with zero attached hydrogens (tertiary/aromatic N) is 3. The summed E-state index contributed by atoms with van der Waals surface area (Å²) < 4.78 is 2.02. The van der Waals surface area contributed by atoms with E-state index in [1.54, 1.807) is 0 Å². The monoisotopic (exact) mass is 230 g/mol. The first-order valence-electron chi connectivity index (χ1n) is 6.42. The van der Waals surface area contributed by atoms with Crippen LogP contribution in [0, 0.1) is 0 Å². The van der Waals surface area contributed by atoms with E-state index in [-0.39, 0.29) is 0 Å². The molecule has 1 fully saturated rings. The maximum atomic E-state index is 4.49. The van der Waals surface area contributed by atoms with Crippen molar-refractivity contribution in [3.8, 4) is 0 Å². The largest absolute Gasteiger partial charge is 0.316 e. The maximum absolute atomic E-state index is 4.49. The Morgan fingerprint density at radius 1 is 1.53 bits per heavy atom. The lowest BCUT2D eigenvalue weighted by Crippen LogP contribution is -2.29. The van der Waals surface area contributed by atoms with Crippen LogP contribution in [-0.2, 0) is 6.42 Å². The van der Waals surface area contributed by atoms with E-state index in [9.17, 15) is 0 Å². The number of nitrogens with one attached hydrogen (secondary N) is 1. The molecular weight excluding hydrogens is 212 g/mol. The zero-order chi connectivity index (χ0) is 11.7. The number of aryl methyl sites for hydroxylation is 1. The molecule has 0 saturated carbocycles. The van der Waals surface area contributed by atoms with Crippen LogP contribution < -0.4 is 5.32 Å². The molecule has 1 N–H and O–H groups in total. The number of piperidine rings is 1. The van der Waals surface area contributed by atoms with Crippen LogP contribution in [-0.4, -0.2) is 27.7 Å². The van der Waals surface area contributed by atoms with Crippen LogP contribution in [0.3, 0.4) is 0 Å². The average Bonchev–Trinajstić information content (AvgIpc) is 2.82. The van der Waals surface area contributed by atoms with Gasteiger partial charge in [-0.3, -0.25) is 0 Å². The minimum Gasteiger partial charge on any atom is -0.316 e. The summed E-state index contributed by atoms with van der Waals surface area (Å²) in [6.07, 6.45) is 7.34. The molecule has 0 spiro atoms. The van der Waals surface area contributed by atoms with Crippen LogP contribution >= 0.6 is 0 Å². The molecule has 3 rings (SSSR count). The van der Waals surface area contributed by atoms with Gasteiger partial charge in [0, 0.05) is 24.2 Å². The highest BCUT2D eigenvalue weighted by molar-refractivity contribution is 5.47. The second-order valence-corrected chi connectivity index (χ2v) is 4.67. The molecule has 2 aromatic rings. The molecule has 1 unspecified atom stereocenters. The molecule has 2 aromatic heterocycles. The van der Waals surface area contributed by atoms with Crippen molar-refractivity contribution in [1.82, 2.24) is 19.9 Å². The molecule has 90 valence electrons. The van der Waals surface area contributed by atoms with Crippen molar-refractivity contribution in [2.75, 3.05) is 13.1 Å². The van der Waals surface area contributed by atoms with Crippen molar-refractivity contribution in [3.63, 3.8) is 0 Å². The maximum Gasteiger partial charge on any atom is 0.158 e. The Bertz CT molecular complexity index is 511. The molecule has 4 nitrogen and oxygen atoms in total. The predicted octanol–water partition coefficient (Wildman–Crippen LogP) is 1.76. The summed E-state index contributed by atoms with van der Waals surface area (Å²) in [5.74, 6) is 0.568. The molecule has 1 atom stereocenters. The fraction of sp³-hybridized carbons (Fsp3) is 0.538. The molecule has 1 aliphatic heterocycles. The van der Waals surface area contributed by atoms with Gasteiger partial charge in [-0.1, -0.05) is 6.92 Å². The molecule has 0 aliphatic carbocycles. The smallest absolute Gasteiger partial charge is 0.158 e. The molecule has 0 aromatic carbocycles. The van der Waals surface area contributed by atoms with Gasteiger partial charge in [0.15, 0.2) is 5.65 Å². The SMILES string of the molecule is CCc1cnn2c(C3CCCNC3)ccnc12. The standard InChI is InChI=1S/C13H18N4/c1-2-10-9-16-17-12(5-7-15-13(10)17)11-4-3-6-14-8-11/h5,7,9,11,14H,2-4,6,8H2,1H3. The normalized spacial score (nSPS) is 20.9. The van der Waals surface area contributed by atoms with E-state index in [1.807, 2.05) is 16.9 Å². The average molecular weight is 230 g/mol. The Balaban J connectivity index is 2.06. The molecule has 1 aliphatic rings. The van der Waals surface area contributed by atoms with Gasteiger partial charge in [0.1, 0.15) is 0 Å². The number of fused-ring (bicyclic) bond motifs is 1. The molecule has 3 heterocycles. The van der Waals surface area contributed by atoms with E-state index >= 15 is 0 Å². The topological polar surface area (TPSA) is 42.2 Å². The van der Waals surface area contributed by atoms with Gasteiger partial charge >= 0.3 is 0 Å². The van der Waals surface area contributed by atoms with Gasteiger partial charge in [-0.15, -0.1) is 0 Å². The summed E-state index contributed by atoms with van der Waals surface area (Å²) >= 11 is 0. The third-order valence-electron chi connectivity index (χ3n) is 3.60. The van der Waals surface area contributed by atoms with Gasteiger partial charge in [-0.05, 0) is 31.9 Å². The summed E-state index contributed by atoms with van der Waals surface area (Å²) in [7, 11) is 0. The predicted molar refractivity (Wildman–Crippen MR) is 67.2 cm³/mol. The summed E-state index contributed by atoms with van der Waals surface area (Å²) in [6.45, 7) is 4.35. The van der Waals surface area contributed by atoms with Gasteiger partial charge in [0.05, 0.1) is 11.9 Å². The molecule has 0 bridgehead atoms. The Kier molecular flexibility index (Phi) is 2.81. The van der Waals surface area contributed by atoms with Crippen LogP contribution in [0.25, 0.3) is 5.65 Å². The van der Waals surface area contributed by atoms with Crippen molar-refractivity contribution in [2.45, 2.75) is 32.1 Å². The van der Waals surface area contributed by atoms with E-state index in [0.717, 1.165) is 25.2 Å². The number of rotatable bonds is 2. The fourth-order valence-corrected chi connectivity index (χ4v) is 2.62. The molecule has 0 radical (unpaired) electrons. The Labute approximate surface area is 101 Å². The summed E-state index contributed by atoms with van der Waals surface area (Å²) in [5, 5.41) is 7.95. The first-order chi connectivity index (χ1) is 8.40. The van der Waals surface area contributed by atoms with Crippen molar-refractivity contribution in [1.29, 1.82) is 0 Å². The Morgan fingerprint density at radius 2 is 2.47 bits per heavy atom. The molecule has 4 heteroatoms. The van der Waals surface area contributed by atoms with Gasteiger partial charge in [-0.25, -0.2) is 9.50 Å². The van der Waals surface area contributed by atoms with Crippen LogP contribution in [0.2, 0.25) is 0 Å².